The molecule has 1 aromatic rings. The van der Waals surface area contributed by atoms with Crippen LogP contribution in [0.2, 0.25) is 0 Å². The highest BCUT2D eigenvalue weighted by molar-refractivity contribution is 5.68. The van der Waals surface area contributed by atoms with Gasteiger partial charge in [0.25, 0.3) is 0 Å². The first-order valence-corrected chi connectivity index (χ1v) is 5.98. The maximum atomic E-state index is 11.8. The van der Waals surface area contributed by atoms with Gasteiger partial charge in [0.1, 0.15) is 6.61 Å². The number of aliphatic hydroxyl groups excluding tert-OH is 2. The molecule has 0 aliphatic carbocycles. The summed E-state index contributed by atoms with van der Waals surface area (Å²) in [5.41, 5.74) is 0.908. The van der Waals surface area contributed by atoms with E-state index in [2.05, 4.69) is 0 Å². The zero-order chi connectivity index (χ0) is 13.0. The van der Waals surface area contributed by atoms with Crippen LogP contribution in [-0.2, 0) is 11.3 Å². The molecule has 1 saturated heterocycles. The van der Waals surface area contributed by atoms with Gasteiger partial charge in [-0.2, -0.15) is 0 Å². The third-order valence-corrected chi connectivity index (χ3v) is 3.14. The summed E-state index contributed by atoms with van der Waals surface area (Å²) in [7, 11) is 0. The topological polar surface area (TPSA) is 70.0 Å². The molecule has 1 heterocycles. The molecule has 1 fully saturated rings. The number of hydrogen-bond donors (Lipinski definition) is 2. The second-order valence-electron chi connectivity index (χ2n) is 4.34. The third-order valence-electron chi connectivity index (χ3n) is 3.14. The highest BCUT2D eigenvalue weighted by Gasteiger charge is 2.36. The number of rotatable bonds is 3. The van der Waals surface area contributed by atoms with E-state index >= 15 is 0 Å². The lowest BCUT2D eigenvalue weighted by molar-refractivity contribution is 0.0490. The van der Waals surface area contributed by atoms with E-state index in [0.29, 0.717) is 13.0 Å². The second-order valence-corrected chi connectivity index (χ2v) is 4.34. The number of nitrogens with zero attached hydrogens (tertiary/aromatic N) is 1. The first-order valence-electron chi connectivity index (χ1n) is 5.98. The van der Waals surface area contributed by atoms with Gasteiger partial charge in [-0.1, -0.05) is 30.3 Å². The summed E-state index contributed by atoms with van der Waals surface area (Å²) in [5, 5.41) is 18.7. The predicted molar refractivity (Wildman–Crippen MR) is 64.8 cm³/mol. The van der Waals surface area contributed by atoms with Crippen molar-refractivity contribution in [3.8, 4) is 0 Å². The van der Waals surface area contributed by atoms with E-state index in [1.54, 1.807) is 0 Å². The Balaban J connectivity index is 1.88. The number of carbonyl (C=O) groups is 1. The monoisotopic (exact) mass is 251 g/mol. The summed E-state index contributed by atoms with van der Waals surface area (Å²) >= 11 is 0. The zero-order valence-corrected chi connectivity index (χ0v) is 10.0. The van der Waals surface area contributed by atoms with E-state index in [4.69, 9.17) is 9.84 Å². The molecular weight excluding hydrogens is 234 g/mol. The van der Waals surface area contributed by atoms with Gasteiger partial charge in [0.15, 0.2) is 0 Å². The van der Waals surface area contributed by atoms with Crippen LogP contribution in [0.1, 0.15) is 12.0 Å². The summed E-state index contributed by atoms with van der Waals surface area (Å²) in [6, 6.07) is 8.83. The zero-order valence-electron chi connectivity index (χ0n) is 10.0. The van der Waals surface area contributed by atoms with Gasteiger partial charge in [0, 0.05) is 6.54 Å². The second kappa shape index (κ2) is 5.84. The molecule has 1 aliphatic rings. The van der Waals surface area contributed by atoms with Gasteiger partial charge in [-0.15, -0.1) is 0 Å². The van der Waals surface area contributed by atoms with E-state index in [-0.39, 0.29) is 13.2 Å². The number of aliphatic hydroxyl groups is 2. The number of hydrogen-bond acceptors (Lipinski definition) is 4. The van der Waals surface area contributed by atoms with Crippen molar-refractivity contribution < 1.29 is 19.7 Å². The Hall–Kier alpha value is -1.59. The van der Waals surface area contributed by atoms with Gasteiger partial charge in [-0.25, -0.2) is 4.79 Å². The highest BCUT2D eigenvalue weighted by atomic mass is 16.6. The third kappa shape index (κ3) is 2.80. The molecule has 2 rings (SSSR count). The number of carbonyl (C=O) groups excluding carboxylic acids is 1. The summed E-state index contributed by atoms with van der Waals surface area (Å²) < 4.78 is 5.16. The molecule has 2 N–H and O–H groups in total. The summed E-state index contributed by atoms with van der Waals surface area (Å²) in [4.78, 5) is 13.2. The molecule has 5 heteroatoms. The van der Waals surface area contributed by atoms with Gasteiger partial charge in [-0.05, 0) is 12.0 Å². The van der Waals surface area contributed by atoms with E-state index < -0.39 is 18.2 Å². The van der Waals surface area contributed by atoms with Crippen LogP contribution >= 0.6 is 0 Å². The fraction of sp³-hybridized carbons (Fsp3) is 0.462. The smallest absolute Gasteiger partial charge is 0.410 e. The SMILES string of the molecule is O=C(OCc1ccccc1)N1CC[C@H](O)[C@H]1CO. The molecule has 1 aromatic carbocycles. The predicted octanol–water partition coefficient (Wildman–Crippen LogP) is 0.751. The molecule has 0 aromatic heterocycles. The van der Waals surface area contributed by atoms with E-state index in [1.165, 1.54) is 4.90 Å². The average molecular weight is 251 g/mol. The van der Waals surface area contributed by atoms with Crippen molar-refractivity contribution >= 4 is 6.09 Å². The van der Waals surface area contributed by atoms with Crippen LogP contribution < -0.4 is 0 Å². The van der Waals surface area contributed by atoms with Crippen LogP contribution in [0.4, 0.5) is 4.79 Å². The largest absolute Gasteiger partial charge is 0.445 e. The maximum absolute atomic E-state index is 11.8. The Morgan fingerprint density at radius 3 is 2.78 bits per heavy atom. The Bertz CT molecular complexity index is 395. The van der Waals surface area contributed by atoms with Crippen LogP contribution in [0.3, 0.4) is 0 Å². The van der Waals surface area contributed by atoms with Crippen molar-refractivity contribution in [3.05, 3.63) is 35.9 Å². The fourth-order valence-electron chi connectivity index (χ4n) is 2.09. The Labute approximate surface area is 106 Å². The average Bonchev–Trinajstić information content (AvgIpc) is 2.78. The van der Waals surface area contributed by atoms with Crippen molar-refractivity contribution in [2.24, 2.45) is 0 Å². The van der Waals surface area contributed by atoms with Crippen molar-refractivity contribution in [2.75, 3.05) is 13.2 Å². The van der Waals surface area contributed by atoms with E-state index in [9.17, 15) is 9.90 Å². The molecule has 98 valence electrons. The fourth-order valence-corrected chi connectivity index (χ4v) is 2.09. The van der Waals surface area contributed by atoms with Crippen LogP contribution in [0, 0.1) is 0 Å². The number of amides is 1. The molecule has 0 spiro atoms. The number of benzene rings is 1. The normalized spacial score (nSPS) is 23.1. The number of likely N-dealkylation sites (tertiary alicyclic amines) is 1. The van der Waals surface area contributed by atoms with Gasteiger partial charge in [0.2, 0.25) is 0 Å². The lowest BCUT2D eigenvalue weighted by Gasteiger charge is -2.23. The Morgan fingerprint density at radius 2 is 2.11 bits per heavy atom. The minimum absolute atomic E-state index is 0.199. The summed E-state index contributed by atoms with van der Waals surface area (Å²) in [6.07, 6.45) is -0.681. The summed E-state index contributed by atoms with van der Waals surface area (Å²) in [6.45, 7) is 0.367. The first-order chi connectivity index (χ1) is 8.72. The maximum Gasteiger partial charge on any atom is 0.410 e. The van der Waals surface area contributed by atoms with E-state index in [0.717, 1.165) is 5.56 Å². The van der Waals surface area contributed by atoms with Gasteiger partial charge in [-0.3, -0.25) is 0 Å². The Morgan fingerprint density at radius 1 is 1.39 bits per heavy atom. The quantitative estimate of drug-likeness (QED) is 0.831. The number of ether oxygens (including phenoxy) is 1. The molecular formula is C13H17NO4. The first kappa shape index (κ1) is 12.9. The standard InChI is InChI=1S/C13H17NO4/c15-8-11-12(16)6-7-14(11)13(17)18-9-10-4-2-1-3-5-10/h1-5,11-12,15-16H,6-9H2/t11-,12+/m1/s1. The molecule has 0 bridgehead atoms. The lowest BCUT2D eigenvalue weighted by atomic mass is 10.2. The van der Waals surface area contributed by atoms with Gasteiger partial charge in [0.05, 0.1) is 18.8 Å². The van der Waals surface area contributed by atoms with Crippen LogP contribution in [0.15, 0.2) is 30.3 Å². The molecule has 0 saturated carbocycles. The molecule has 0 radical (unpaired) electrons. The van der Waals surface area contributed by atoms with Crippen molar-refractivity contribution in [1.82, 2.24) is 4.90 Å². The van der Waals surface area contributed by atoms with Crippen LogP contribution in [0.5, 0.6) is 0 Å². The van der Waals surface area contributed by atoms with Gasteiger partial charge >= 0.3 is 6.09 Å². The molecule has 5 nitrogen and oxygen atoms in total. The van der Waals surface area contributed by atoms with E-state index in [1.807, 2.05) is 30.3 Å². The van der Waals surface area contributed by atoms with Crippen molar-refractivity contribution in [2.45, 2.75) is 25.2 Å². The lowest BCUT2D eigenvalue weighted by Crippen LogP contribution is -2.42. The van der Waals surface area contributed by atoms with Crippen LogP contribution in [-0.4, -0.2) is 46.5 Å². The van der Waals surface area contributed by atoms with Crippen LogP contribution in [0.25, 0.3) is 0 Å². The molecule has 0 unspecified atom stereocenters. The minimum Gasteiger partial charge on any atom is -0.445 e. The Kier molecular flexibility index (Phi) is 4.17. The molecule has 1 amide bonds. The minimum atomic E-state index is -0.667. The van der Waals surface area contributed by atoms with Gasteiger partial charge < -0.3 is 19.8 Å². The molecule has 18 heavy (non-hydrogen) atoms. The molecule has 1 aliphatic heterocycles. The van der Waals surface area contributed by atoms with Crippen molar-refractivity contribution in [3.63, 3.8) is 0 Å². The highest BCUT2D eigenvalue weighted by Crippen LogP contribution is 2.19. The molecule has 2 atom stereocenters. The summed E-state index contributed by atoms with van der Waals surface area (Å²) in [5.74, 6) is 0. The van der Waals surface area contributed by atoms with Crippen molar-refractivity contribution in [1.29, 1.82) is 0 Å².